The lowest BCUT2D eigenvalue weighted by Crippen LogP contribution is -1.94. The molecular formula is C11H19N3. The van der Waals surface area contributed by atoms with E-state index in [-0.39, 0.29) is 0 Å². The van der Waals surface area contributed by atoms with Crippen LogP contribution >= 0.6 is 0 Å². The second kappa shape index (κ2) is 5.47. The van der Waals surface area contributed by atoms with Crippen molar-refractivity contribution in [1.29, 1.82) is 0 Å². The van der Waals surface area contributed by atoms with Gasteiger partial charge in [-0.3, -0.25) is 5.10 Å². The van der Waals surface area contributed by atoms with Crippen LogP contribution in [0.25, 0.3) is 0 Å². The van der Waals surface area contributed by atoms with Gasteiger partial charge in [-0.25, -0.2) is 0 Å². The van der Waals surface area contributed by atoms with Crippen molar-refractivity contribution in [1.82, 2.24) is 10.2 Å². The molecule has 0 atom stereocenters. The SMILES string of the molecule is C=CCc1c(N)n[nH]c1CCCCC. The van der Waals surface area contributed by atoms with Gasteiger partial charge in [0.15, 0.2) is 0 Å². The van der Waals surface area contributed by atoms with E-state index in [2.05, 4.69) is 23.7 Å². The van der Waals surface area contributed by atoms with E-state index < -0.39 is 0 Å². The number of anilines is 1. The molecule has 0 saturated heterocycles. The second-order valence-corrected chi connectivity index (χ2v) is 3.52. The smallest absolute Gasteiger partial charge is 0.148 e. The van der Waals surface area contributed by atoms with E-state index in [9.17, 15) is 0 Å². The normalized spacial score (nSPS) is 10.4. The maximum absolute atomic E-state index is 5.74. The summed E-state index contributed by atoms with van der Waals surface area (Å²) in [4.78, 5) is 0. The van der Waals surface area contributed by atoms with Crippen molar-refractivity contribution in [2.24, 2.45) is 0 Å². The summed E-state index contributed by atoms with van der Waals surface area (Å²) in [7, 11) is 0. The molecule has 3 heteroatoms. The highest BCUT2D eigenvalue weighted by Crippen LogP contribution is 2.16. The van der Waals surface area contributed by atoms with E-state index in [0.29, 0.717) is 5.82 Å². The van der Waals surface area contributed by atoms with Crippen LogP contribution in [0.1, 0.15) is 37.4 Å². The van der Waals surface area contributed by atoms with Gasteiger partial charge in [0.2, 0.25) is 0 Å². The third kappa shape index (κ3) is 2.62. The average molecular weight is 193 g/mol. The molecule has 0 radical (unpaired) electrons. The van der Waals surface area contributed by atoms with E-state index in [1.54, 1.807) is 0 Å². The van der Waals surface area contributed by atoms with E-state index >= 15 is 0 Å². The van der Waals surface area contributed by atoms with Crippen molar-refractivity contribution in [3.63, 3.8) is 0 Å². The number of nitrogens with zero attached hydrogens (tertiary/aromatic N) is 1. The molecule has 3 N–H and O–H groups in total. The van der Waals surface area contributed by atoms with Gasteiger partial charge in [-0.2, -0.15) is 5.10 Å². The van der Waals surface area contributed by atoms with Gasteiger partial charge in [-0.15, -0.1) is 6.58 Å². The summed E-state index contributed by atoms with van der Waals surface area (Å²) < 4.78 is 0. The van der Waals surface area contributed by atoms with Crippen LogP contribution in [0.5, 0.6) is 0 Å². The summed E-state index contributed by atoms with van der Waals surface area (Å²) in [6, 6.07) is 0. The van der Waals surface area contributed by atoms with E-state index in [1.165, 1.54) is 25.0 Å². The summed E-state index contributed by atoms with van der Waals surface area (Å²) >= 11 is 0. The molecule has 1 aromatic rings. The Kier molecular flexibility index (Phi) is 4.23. The first kappa shape index (κ1) is 10.8. The number of nitrogens with one attached hydrogen (secondary N) is 1. The predicted molar refractivity (Wildman–Crippen MR) is 60.1 cm³/mol. The number of unbranched alkanes of at least 4 members (excludes halogenated alkanes) is 2. The lowest BCUT2D eigenvalue weighted by molar-refractivity contribution is 0.702. The number of H-pyrrole nitrogens is 1. The quantitative estimate of drug-likeness (QED) is 0.538. The monoisotopic (exact) mass is 193 g/mol. The Morgan fingerprint density at radius 1 is 1.50 bits per heavy atom. The Morgan fingerprint density at radius 2 is 2.29 bits per heavy atom. The molecule has 0 aliphatic rings. The fraction of sp³-hybridized carbons (Fsp3) is 0.545. The molecule has 0 aliphatic carbocycles. The number of allylic oxidation sites excluding steroid dienone is 1. The molecule has 3 nitrogen and oxygen atoms in total. The largest absolute Gasteiger partial charge is 0.382 e. The highest BCUT2D eigenvalue weighted by molar-refractivity contribution is 5.43. The first-order valence-corrected chi connectivity index (χ1v) is 5.22. The van der Waals surface area contributed by atoms with Crippen molar-refractivity contribution in [2.75, 3.05) is 5.73 Å². The zero-order valence-corrected chi connectivity index (χ0v) is 8.84. The molecule has 0 aromatic carbocycles. The molecule has 1 aromatic heterocycles. The third-order valence-electron chi connectivity index (χ3n) is 2.36. The fourth-order valence-electron chi connectivity index (χ4n) is 1.55. The molecular weight excluding hydrogens is 174 g/mol. The molecule has 0 bridgehead atoms. The Bertz CT molecular complexity index is 289. The van der Waals surface area contributed by atoms with E-state index in [1.807, 2.05) is 6.08 Å². The van der Waals surface area contributed by atoms with Crippen LogP contribution in [0.2, 0.25) is 0 Å². The van der Waals surface area contributed by atoms with Crippen LogP contribution < -0.4 is 5.73 Å². The van der Waals surface area contributed by atoms with Gasteiger partial charge in [0.05, 0.1) is 0 Å². The van der Waals surface area contributed by atoms with Crippen LogP contribution in [0.3, 0.4) is 0 Å². The van der Waals surface area contributed by atoms with Crippen LogP contribution in [0.15, 0.2) is 12.7 Å². The molecule has 0 amide bonds. The number of aryl methyl sites for hydroxylation is 1. The fourth-order valence-corrected chi connectivity index (χ4v) is 1.55. The third-order valence-corrected chi connectivity index (χ3v) is 2.36. The topological polar surface area (TPSA) is 54.7 Å². The minimum absolute atomic E-state index is 0.622. The molecule has 0 spiro atoms. The van der Waals surface area contributed by atoms with Crippen molar-refractivity contribution in [2.45, 2.75) is 39.0 Å². The van der Waals surface area contributed by atoms with Gasteiger partial charge in [0, 0.05) is 11.3 Å². The van der Waals surface area contributed by atoms with Gasteiger partial charge in [-0.05, 0) is 19.3 Å². The lowest BCUT2D eigenvalue weighted by atomic mass is 10.1. The van der Waals surface area contributed by atoms with Crippen molar-refractivity contribution in [3.05, 3.63) is 23.9 Å². The van der Waals surface area contributed by atoms with E-state index in [4.69, 9.17) is 5.73 Å². The summed E-state index contributed by atoms with van der Waals surface area (Å²) in [6.07, 6.45) is 7.41. The zero-order chi connectivity index (χ0) is 10.4. The molecule has 1 heterocycles. The number of nitrogen functional groups attached to an aromatic ring is 1. The summed E-state index contributed by atoms with van der Waals surface area (Å²) in [5.41, 5.74) is 8.04. The van der Waals surface area contributed by atoms with Gasteiger partial charge >= 0.3 is 0 Å². The molecule has 0 saturated carbocycles. The number of aromatic nitrogens is 2. The van der Waals surface area contributed by atoms with Crippen molar-refractivity contribution >= 4 is 5.82 Å². The van der Waals surface area contributed by atoms with Gasteiger partial charge in [0.25, 0.3) is 0 Å². The highest BCUT2D eigenvalue weighted by atomic mass is 15.2. The number of hydrogen-bond acceptors (Lipinski definition) is 2. The van der Waals surface area contributed by atoms with Crippen molar-refractivity contribution < 1.29 is 0 Å². The predicted octanol–water partition coefficient (Wildman–Crippen LogP) is 2.45. The molecule has 0 fully saturated rings. The molecule has 78 valence electrons. The number of hydrogen-bond donors (Lipinski definition) is 2. The first-order chi connectivity index (χ1) is 6.79. The Morgan fingerprint density at radius 3 is 2.93 bits per heavy atom. The van der Waals surface area contributed by atoms with Crippen LogP contribution in [-0.2, 0) is 12.8 Å². The zero-order valence-electron chi connectivity index (χ0n) is 8.84. The van der Waals surface area contributed by atoms with E-state index in [0.717, 1.165) is 18.4 Å². The number of nitrogens with two attached hydrogens (primary N) is 1. The Balaban J connectivity index is 2.60. The summed E-state index contributed by atoms with van der Waals surface area (Å²) in [6.45, 7) is 5.92. The summed E-state index contributed by atoms with van der Waals surface area (Å²) in [5.74, 6) is 0.622. The molecule has 0 unspecified atom stereocenters. The van der Waals surface area contributed by atoms with Gasteiger partial charge in [-0.1, -0.05) is 25.8 Å². The van der Waals surface area contributed by atoms with Gasteiger partial charge in [0.1, 0.15) is 5.82 Å². The minimum atomic E-state index is 0.622. The lowest BCUT2D eigenvalue weighted by Gasteiger charge is -2.00. The van der Waals surface area contributed by atoms with Crippen LogP contribution in [-0.4, -0.2) is 10.2 Å². The number of rotatable bonds is 6. The Hall–Kier alpha value is -1.25. The Labute approximate surface area is 85.4 Å². The maximum Gasteiger partial charge on any atom is 0.148 e. The highest BCUT2D eigenvalue weighted by Gasteiger charge is 2.08. The van der Waals surface area contributed by atoms with Crippen LogP contribution in [0, 0.1) is 0 Å². The second-order valence-electron chi connectivity index (χ2n) is 3.52. The van der Waals surface area contributed by atoms with Crippen LogP contribution in [0.4, 0.5) is 5.82 Å². The minimum Gasteiger partial charge on any atom is -0.382 e. The molecule has 0 aliphatic heterocycles. The molecule has 14 heavy (non-hydrogen) atoms. The molecule has 1 rings (SSSR count). The maximum atomic E-state index is 5.74. The summed E-state index contributed by atoms with van der Waals surface area (Å²) in [5, 5.41) is 7.01. The first-order valence-electron chi connectivity index (χ1n) is 5.22. The average Bonchev–Trinajstić information content (AvgIpc) is 2.51. The van der Waals surface area contributed by atoms with Crippen molar-refractivity contribution in [3.8, 4) is 0 Å². The standard InChI is InChI=1S/C11H19N3/c1-3-5-6-8-10-9(7-4-2)11(12)14-13-10/h4H,2-3,5-8H2,1H3,(H3,12,13,14). The van der Waals surface area contributed by atoms with Gasteiger partial charge < -0.3 is 5.73 Å². The number of aromatic amines is 1.